The van der Waals surface area contributed by atoms with E-state index in [-0.39, 0.29) is 28.8 Å². The van der Waals surface area contributed by atoms with Crippen molar-refractivity contribution in [1.29, 1.82) is 0 Å². The van der Waals surface area contributed by atoms with Crippen molar-refractivity contribution in [3.8, 4) is 0 Å². The predicted molar refractivity (Wildman–Crippen MR) is 92.0 cm³/mol. The number of hydrogen-bond donors (Lipinski definition) is 1. The number of carbonyl (C=O) groups is 1. The first-order valence-corrected chi connectivity index (χ1v) is 10.0. The number of amides is 1. The van der Waals surface area contributed by atoms with Crippen molar-refractivity contribution in [1.82, 2.24) is 5.32 Å². The average Bonchev–Trinajstić information content (AvgIpc) is 2.92. The molecule has 4 nitrogen and oxygen atoms in total. The zero-order chi connectivity index (χ0) is 16.2. The number of halogens is 2. The molecule has 0 saturated carbocycles. The molecule has 2 aromatic rings. The Morgan fingerprint density at radius 2 is 1.95 bits per heavy atom. The van der Waals surface area contributed by atoms with E-state index in [4.69, 9.17) is 11.6 Å². The Morgan fingerprint density at radius 3 is 2.59 bits per heavy atom. The molecule has 0 aliphatic heterocycles. The average molecular weight is 423 g/mol. The van der Waals surface area contributed by atoms with Crippen LogP contribution in [0, 0.1) is 0 Å². The van der Waals surface area contributed by atoms with Gasteiger partial charge in [-0.25, -0.2) is 8.42 Å². The van der Waals surface area contributed by atoms with Gasteiger partial charge in [-0.3, -0.25) is 4.79 Å². The van der Waals surface area contributed by atoms with E-state index in [1.807, 2.05) is 12.1 Å². The Balaban J connectivity index is 1.87. The second-order valence-electron chi connectivity index (χ2n) is 4.50. The van der Waals surface area contributed by atoms with E-state index in [1.54, 1.807) is 18.2 Å². The predicted octanol–water partition coefficient (Wildman–Crippen LogP) is 3.64. The minimum atomic E-state index is -3.42. The molecule has 0 unspecified atom stereocenters. The normalized spacial score (nSPS) is 11.4. The lowest BCUT2D eigenvalue weighted by Gasteiger charge is -2.07. The summed E-state index contributed by atoms with van der Waals surface area (Å²) >= 11 is 10.4. The van der Waals surface area contributed by atoms with Crippen molar-refractivity contribution >= 4 is 54.6 Å². The van der Waals surface area contributed by atoms with Crippen molar-refractivity contribution in [2.45, 2.75) is 17.2 Å². The molecule has 0 atom stereocenters. The molecule has 1 N–H and O–H groups in total. The topological polar surface area (TPSA) is 63.2 Å². The number of nitrogens with one attached hydrogen (secondary N) is 1. The summed E-state index contributed by atoms with van der Waals surface area (Å²) in [6.45, 7) is 0.281. The molecule has 1 amide bonds. The van der Waals surface area contributed by atoms with Crippen LogP contribution in [-0.2, 0) is 21.2 Å². The fourth-order valence-corrected chi connectivity index (χ4v) is 5.32. The second kappa shape index (κ2) is 7.59. The van der Waals surface area contributed by atoms with Crippen molar-refractivity contribution in [3.05, 3.63) is 50.8 Å². The van der Waals surface area contributed by atoms with Crippen molar-refractivity contribution in [2.24, 2.45) is 0 Å². The molecule has 0 fully saturated rings. The van der Waals surface area contributed by atoms with Gasteiger partial charge in [0, 0.05) is 18.0 Å². The summed E-state index contributed by atoms with van der Waals surface area (Å²) in [6, 6.07) is 10.4. The first kappa shape index (κ1) is 17.5. The van der Waals surface area contributed by atoms with Crippen LogP contribution in [0.2, 0.25) is 5.02 Å². The molecular weight excluding hydrogens is 410 g/mol. The van der Waals surface area contributed by atoms with Crippen LogP contribution in [0.5, 0.6) is 0 Å². The maximum atomic E-state index is 12.1. The molecule has 0 bridgehead atoms. The summed E-state index contributed by atoms with van der Waals surface area (Å²) in [5, 5.41) is 3.24. The van der Waals surface area contributed by atoms with E-state index in [2.05, 4.69) is 21.2 Å². The van der Waals surface area contributed by atoms with Crippen LogP contribution >= 0.6 is 38.9 Å². The molecule has 22 heavy (non-hydrogen) atoms. The van der Waals surface area contributed by atoms with Crippen LogP contribution in [0.3, 0.4) is 0 Å². The molecule has 0 saturated heterocycles. The molecule has 0 aliphatic carbocycles. The van der Waals surface area contributed by atoms with Gasteiger partial charge in [-0.05, 0) is 39.7 Å². The van der Waals surface area contributed by atoms with Gasteiger partial charge in [-0.2, -0.15) is 0 Å². The molecule has 0 aliphatic rings. The fourth-order valence-electron chi connectivity index (χ4n) is 1.72. The van der Waals surface area contributed by atoms with Gasteiger partial charge in [0.2, 0.25) is 5.91 Å². The Hall–Kier alpha value is -0.890. The number of carbonyl (C=O) groups excluding carboxylic acids is 1. The zero-order valence-corrected chi connectivity index (χ0v) is 15.4. The summed E-state index contributed by atoms with van der Waals surface area (Å²) in [4.78, 5) is 11.8. The summed E-state index contributed by atoms with van der Waals surface area (Å²) in [5.41, 5.74) is 0.794. The smallest absolute Gasteiger partial charge is 0.221 e. The first-order chi connectivity index (χ1) is 10.4. The minimum absolute atomic E-state index is 0.0810. The van der Waals surface area contributed by atoms with E-state index < -0.39 is 9.84 Å². The number of sulfone groups is 1. The maximum absolute atomic E-state index is 12.1. The molecule has 0 radical (unpaired) electrons. The van der Waals surface area contributed by atoms with Gasteiger partial charge in [0.25, 0.3) is 0 Å². The molecule has 2 rings (SSSR count). The molecule has 118 valence electrons. The summed E-state index contributed by atoms with van der Waals surface area (Å²) in [7, 11) is -3.42. The zero-order valence-electron chi connectivity index (χ0n) is 11.4. The first-order valence-electron chi connectivity index (χ1n) is 6.37. The maximum Gasteiger partial charge on any atom is 0.221 e. The molecule has 0 spiro atoms. The van der Waals surface area contributed by atoms with Crippen LogP contribution in [-0.4, -0.2) is 20.1 Å². The van der Waals surface area contributed by atoms with Crippen molar-refractivity contribution in [3.63, 3.8) is 0 Å². The highest BCUT2D eigenvalue weighted by atomic mass is 79.9. The van der Waals surface area contributed by atoms with Gasteiger partial charge in [0.05, 0.1) is 9.54 Å². The Labute approximate surface area is 146 Å². The van der Waals surface area contributed by atoms with E-state index >= 15 is 0 Å². The van der Waals surface area contributed by atoms with E-state index in [0.29, 0.717) is 5.02 Å². The molecule has 8 heteroatoms. The molecule has 1 aromatic carbocycles. The SMILES string of the molecule is O=C(CCS(=O)(=O)c1ccc(Br)s1)NCc1ccccc1Cl. The largest absolute Gasteiger partial charge is 0.352 e. The Morgan fingerprint density at radius 1 is 1.23 bits per heavy atom. The molecule has 1 heterocycles. The quantitative estimate of drug-likeness (QED) is 0.773. The number of rotatable bonds is 6. The third-order valence-electron chi connectivity index (χ3n) is 2.89. The monoisotopic (exact) mass is 421 g/mol. The highest BCUT2D eigenvalue weighted by Crippen LogP contribution is 2.27. The lowest BCUT2D eigenvalue weighted by Crippen LogP contribution is -2.25. The Kier molecular flexibility index (Phi) is 6.02. The fraction of sp³-hybridized carbons (Fsp3) is 0.214. The van der Waals surface area contributed by atoms with Gasteiger partial charge in [-0.15, -0.1) is 11.3 Å². The number of benzene rings is 1. The van der Waals surface area contributed by atoms with E-state index in [1.165, 1.54) is 6.07 Å². The third-order valence-corrected chi connectivity index (χ3v) is 7.18. The van der Waals surface area contributed by atoms with Gasteiger partial charge >= 0.3 is 0 Å². The highest BCUT2D eigenvalue weighted by Gasteiger charge is 2.18. The van der Waals surface area contributed by atoms with Crippen molar-refractivity contribution < 1.29 is 13.2 Å². The van der Waals surface area contributed by atoms with Crippen LogP contribution < -0.4 is 5.32 Å². The lowest BCUT2D eigenvalue weighted by atomic mass is 10.2. The lowest BCUT2D eigenvalue weighted by molar-refractivity contribution is -0.120. The highest BCUT2D eigenvalue weighted by molar-refractivity contribution is 9.11. The molecule has 1 aromatic heterocycles. The van der Waals surface area contributed by atoms with Crippen LogP contribution in [0.4, 0.5) is 0 Å². The Bertz CT molecular complexity index is 774. The summed E-state index contributed by atoms with van der Waals surface area (Å²) in [6.07, 6.45) is -0.0810. The second-order valence-corrected chi connectivity index (χ2v) is 9.70. The minimum Gasteiger partial charge on any atom is -0.352 e. The summed E-state index contributed by atoms with van der Waals surface area (Å²) < 4.78 is 25.1. The third kappa shape index (κ3) is 4.81. The van der Waals surface area contributed by atoms with Crippen LogP contribution in [0.1, 0.15) is 12.0 Å². The van der Waals surface area contributed by atoms with Gasteiger partial charge in [-0.1, -0.05) is 29.8 Å². The van der Waals surface area contributed by atoms with Gasteiger partial charge < -0.3 is 5.32 Å². The van der Waals surface area contributed by atoms with Gasteiger partial charge in [0.15, 0.2) is 9.84 Å². The number of hydrogen-bond acceptors (Lipinski definition) is 4. The standard InChI is InChI=1S/C14H13BrClNO3S2/c15-12-5-6-14(21-12)22(19,20)8-7-13(18)17-9-10-3-1-2-4-11(10)16/h1-6H,7-9H2,(H,17,18). The molecular formula is C14H13BrClNO3S2. The van der Waals surface area contributed by atoms with E-state index in [9.17, 15) is 13.2 Å². The van der Waals surface area contributed by atoms with Crippen LogP contribution in [0.25, 0.3) is 0 Å². The van der Waals surface area contributed by atoms with E-state index in [0.717, 1.165) is 20.7 Å². The summed E-state index contributed by atoms with van der Waals surface area (Å²) in [5.74, 6) is -0.534. The van der Waals surface area contributed by atoms with Crippen molar-refractivity contribution in [2.75, 3.05) is 5.75 Å². The van der Waals surface area contributed by atoms with Gasteiger partial charge in [0.1, 0.15) is 4.21 Å². The van der Waals surface area contributed by atoms with Crippen LogP contribution in [0.15, 0.2) is 44.4 Å². The number of thiophene rings is 1.